The van der Waals surface area contributed by atoms with Gasteiger partial charge in [-0.1, -0.05) is 6.07 Å². The molecular formula is C23H26N6O2. The summed E-state index contributed by atoms with van der Waals surface area (Å²) in [6.07, 6.45) is 0. The number of aromatic hydroxyl groups is 1. The SMILES string of the molecule is Cc1ccc(N2CC(O)=C(c3nc4ccc(N5CCN(C)CC5)cc4[nH]3)C2=N)c(O)c1. The summed E-state index contributed by atoms with van der Waals surface area (Å²) < 4.78 is 0. The zero-order valence-electron chi connectivity index (χ0n) is 17.7. The maximum Gasteiger partial charge on any atom is 0.145 e. The lowest BCUT2D eigenvalue weighted by atomic mass is 10.2. The van der Waals surface area contributed by atoms with Crippen LogP contribution in [0, 0.1) is 12.3 Å². The average molecular weight is 419 g/mol. The Hall–Kier alpha value is -3.52. The number of anilines is 2. The van der Waals surface area contributed by atoms with Crippen LogP contribution in [-0.2, 0) is 0 Å². The normalized spacial score (nSPS) is 17.9. The molecule has 0 aliphatic carbocycles. The molecule has 0 unspecified atom stereocenters. The van der Waals surface area contributed by atoms with Crippen molar-refractivity contribution in [1.29, 1.82) is 5.41 Å². The lowest BCUT2D eigenvalue weighted by molar-refractivity contribution is 0.313. The maximum absolute atomic E-state index is 10.6. The van der Waals surface area contributed by atoms with Gasteiger partial charge in [0.05, 0.1) is 28.8 Å². The van der Waals surface area contributed by atoms with Crippen LogP contribution in [0.15, 0.2) is 42.2 Å². The molecule has 3 aromatic rings. The van der Waals surface area contributed by atoms with E-state index in [1.807, 2.05) is 19.1 Å². The zero-order chi connectivity index (χ0) is 21.7. The monoisotopic (exact) mass is 418 g/mol. The Bertz CT molecular complexity index is 1210. The number of phenolic OH excluding ortho intramolecular Hbond substituents is 1. The van der Waals surface area contributed by atoms with Gasteiger partial charge in [0.25, 0.3) is 0 Å². The molecule has 1 saturated heterocycles. The quantitative estimate of drug-likeness (QED) is 0.521. The lowest BCUT2D eigenvalue weighted by Crippen LogP contribution is -2.44. The van der Waals surface area contributed by atoms with Crippen molar-refractivity contribution in [3.63, 3.8) is 0 Å². The van der Waals surface area contributed by atoms with E-state index in [2.05, 4.69) is 38.9 Å². The van der Waals surface area contributed by atoms with Crippen LogP contribution in [0.25, 0.3) is 16.6 Å². The molecule has 160 valence electrons. The standard InChI is InChI=1S/C23H26N6O2/c1-14-3-6-18(19(30)11-14)29-13-20(31)21(22(29)24)23-25-16-5-4-15(12-17(16)26-23)28-9-7-27(2)8-10-28/h3-6,11-12,24,30-31H,7-10,13H2,1-2H3,(H,25,26). The topological polar surface area (TPSA) is 103 Å². The number of hydrogen-bond donors (Lipinski definition) is 4. The molecule has 0 radical (unpaired) electrons. The highest BCUT2D eigenvalue weighted by molar-refractivity contribution is 6.30. The largest absolute Gasteiger partial charge is 0.509 e. The van der Waals surface area contributed by atoms with Crippen LogP contribution in [0.3, 0.4) is 0 Å². The van der Waals surface area contributed by atoms with E-state index in [0.29, 0.717) is 17.1 Å². The highest BCUT2D eigenvalue weighted by Crippen LogP contribution is 2.36. The molecule has 8 nitrogen and oxygen atoms in total. The number of phenols is 1. The third-order valence-electron chi connectivity index (χ3n) is 6.10. The number of aryl methyl sites for hydroxylation is 1. The minimum absolute atomic E-state index is 0.0586. The van der Waals surface area contributed by atoms with Crippen LogP contribution in [0.1, 0.15) is 11.4 Å². The van der Waals surface area contributed by atoms with E-state index in [1.165, 1.54) is 0 Å². The number of hydrogen-bond acceptors (Lipinski definition) is 6. The highest BCUT2D eigenvalue weighted by atomic mass is 16.3. The molecule has 0 amide bonds. The molecule has 3 heterocycles. The summed E-state index contributed by atoms with van der Waals surface area (Å²) >= 11 is 0. The smallest absolute Gasteiger partial charge is 0.145 e. The molecule has 0 bridgehead atoms. The maximum atomic E-state index is 10.6. The minimum atomic E-state index is 0.0586. The van der Waals surface area contributed by atoms with Gasteiger partial charge >= 0.3 is 0 Å². The Balaban J connectivity index is 1.44. The first-order valence-electron chi connectivity index (χ1n) is 10.4. The van der Waals surface area contributed by atoms with E-state index in [-0.39, 0.29) is 23.9 Å². The molecule has 0 spiro atoms. The van der Waals surface area contributed by atoms with Crippen LogP contribution in [0.2, 0.25) is 0 Å². The summed E-state index contributed by atoms with van der Waals surface area (Å²) in [5, 5.41) is 29.6. The molecule has 2 aliphatic rings. The summed E-state index contributed by atoms with van der Waals surface area (Å²) in [6.45, 7) is 6.04. The number of benzene rings is 2. The van der Waals surface area contributed by atoms with Crippen LogP contribution in [-0.4, -0.2) is 70.7 Å². The molecule has 1 fully saturated rings. The Morgan fingerprint density at radius 1 is 1.03 bits per heavy atom. The van der Waals surface area contributed by atoms with E-state index < -0.39 is 0 Å². The number of aromatic nitrogens is 2. The molecule has 2 aromatic carbocycles. The first kappa shape index (κ1) is 19.4. The van der Waals surface area contributed by atoms with Gasteiger partial charge in [0, 0.05) is 31.9 Å². The number of fused-ring (bicyclic) bond motifs is 1. The van der Waals surface area contributed by atoms with E-state index >= 15 is 0 Å². The zero-order valence-corrected chi connectivity index (χ0v) is 17.7. The first-order valence-corrected chi connectivity index (χ1v) is 10.4. The van der Waals surface area contributed by atoms with Crippen LogP contribution < -0.4 is 9.80 Å². The fourth-order valence-electron chi connectivity index (χ4n) is 4.27. The third kappa shape index (κ3) is 3.38. The van der Waals surface area contributed by atoms with E-state index in [1.54, 1.807) is 17.0 Å². The molecule has 0 atom stereocenters. The molecule has 0 saturated carbocycles. The highest BCUT2D eigenvalue weighted by Gasteiger charge is 2.32. The van der Waals surface area contributed by atoms with Crippen molar-refractivity contribution in [2.75, 3.05) is 49.6 Å². The van der Waals surface area contributed by atoms with Gasteiger partial charge in [0.15, 0.2) is 0 Å². The van der Waals surface area contributed by atoms with Crippen LogP contribution >= 0.6 is 0 Å². The minimum Gasteiger partial charge on any atom is -0.509 e. The van der Waals surface area contributed by atoms with Gasteiger partial charge in [-0.25, -0.2) is 4.98 Å². The van der Waals surface area contributed by atoms with Crippen molar-refractivity contribution in [3.8, 4) is 5.75 Å². The Morgan fingerprint density at radius 3 is 2.55 bits per heavy atom. The van der Waals surface area contributed by atoms with Crippen LogP contribution in [0.4, 0.5) is 11.4 Å². The van der Waals surface area contributed by atoms with E-state index in [9.17, 15) is 10.2 Å². The van der Waals surface area contributed by atoms with E-state index in [0.717, 1.165) is 48.5 Å². The molecule has 5 rings (SSSR count). The summed E-state index contributed by atoms with van der Waals surface area (Å²) in [5.74, 6) is 0.709. The van der Waals surface area contributed by atoms with Gasteiger partial charge in [-0.05, 0) is 49.9 Å². The molecular weight excluding hydrogens is 392 g/mol. The Morgan fingerprint density at radius 2 is 1.81 bits per heavy atom. The number of aromatic amines is 1. The Labute approximate surface area is 180 Å². The summed E-state index contributed by atoms with van der Waals surface area (Å²) in [6, 6.07) is 11.4. The van der Waals surface area contributed by atoms with E-state index in [4.69, 9.17) is 5.41 Å². The van der Waals surface area contributed by atoms with Gasteiger partial charge in [-0.15, -0.1) is 0 Å². The first-order chi connectivity index (χ1) is 14.9. The molecule has 8 heteroatoms. The van der Waals surface area contributed by atoms with Crippen molar-refractivity contribution < 1.29 is 10.2 Å². The number of aliphatic hydroxyl groups is 1. The van der Waals surface area contributed by atoms with Gasteiger partial charge < -0.3 is 29.9 Å². The predicted molar refractivity (Wildman–Crippen MR) is 123 cm³/mol. The van der Waals surface area contributed by atoms with Gasteiger partial charge in [-0.2, -0.15) is 0 Å². The van der Waals surface area contributed by atoms with Crippen LogP contribution in [0.5, 0.6) is 5.75 Å². The lowest BCUT2D eigenvalue weighted by Gasteiger charge is -2.34. The number of likely N-dealkylation sites (N-methyl/N-ethyl adjacent to an activating group) is 1. The summed E-state index contributed by atoms with van der Waals surface area (Å²) in [4.78, 5) is 14.2. The van der Waals surface area contributed by atoms with Crippen molar-refractivity contribution in [1.82, 2.24) is 14.9 Å². The number of H-pyrrole nitrogens is 1. The number of nitrogens with zero attached hydrogens (tertiary/aromatic N) is 4. The number of nitrogens with one attached hydrogen (secondary N) is 2. The number of imidazole rings is 1. The van der Waals surface area contributed by atoms with Gasteiger partial charge in [-0.3, -0.25) is 5.41 Å². The number of amidine groups is 1. The molecule has 2 aliphatic heterocycles. The number of rotatable bonds is 3. The molecule has 4 N–H and O–H groups in total. The average Bonchev–Trinajstić information content (AvgIpc) is 3.28. The second kappa shape index (κ2) is 7.31. The van der Waals surface area contributed by atoms with Crippen molar-refractivity contribution in [2.45, 2.75) is 6.92 Å². The molecule has 31 heavy (non-hydrogen) atoms. The third-order valence-corrected chi connectivity index (χ3v) is 6.10. The Kier molecular flexibility index (Phi) is 4.59. The number of aliphatic hydroxyl groups excluding tert-OH is 1. The van der Waals surface area contributed by atoms with Gasteiger partial charge in [0.1, 0.15) is 23.2 Å². The van der Waals surface area contributed by atoms with Crippen molar-refractivity contribution in [3.05, 3.63) is 53.5 Å². The van der Waals surface area contributed by atoms with Crippen molar-refractivity contribution in [2.24, 2.45) is 0 Å². The predicted octanol–water partition coefficient (Wildman–Crippen LogP) is 3.10. The second-order valence-corrected chi connectivity index (χ2v) is 8.33. The fourth-order valence-corrected chi connectivity index (χ4v) is 4.27. The van der Waals surface area contributed by atoms with Gasteiger partial charge in [0.2, 0.25) is 0 Å². The summed E-state index contributed by atoms with van der Waals surface area (Å²) in [7, 11) is 2.14. The second-order valence-electron chi connectivity index (χ2n) is 8.33. The molecule has 1 aromatic heterocycles. The number of piperazine rings is 1. The fraction of sp³-hybridized carbons (Fsp3) is 0.304. The van der Waals surface area contributed by atoms with Crippen molar-refractivity contribution >= 4 is 33.8 Å². The summed E-state index contributed by atoms with van der Waals surface area (Å²) in [5.41, 5.74) is 4.58.